The molecule has 0 aromatic carbocycles. The van der Waals surface area contributed by atoms with Gasteiger partial charge in [-0.1, -0.05) is 12.2 Å². The van der Waals surface area contributed by atoms with E-state index in [4.69, 9.17) is 15.2 Å². The summed E-state index contributed by atoms with van der Waals surface area (Å²) in [5.74, 6) is 0.118. The second kappa shape index (κ2) is 6.79. The number of allylic oxidation sites excluding steroid dienone is 3. The third-order valence-corrected chi connectivity index (χ3v) is 4.47. The first-order chi connectivity index (χ1) is 11.7. The smallest absolute Gasteiger partial charge is 0.311 e. The lowest BCUT2D eigenvalue weighted by Crippen LogP contribution is -2.26. The van der Waals surface area contributed by atoms with Gasteiger partial charge in [0.2, 0.25) is 11.8 Å². The molecule has 0 saturated carbocycles. The predicted molar refractivity (Wildman–Crippen MR) is 85.6 cm³/mol. The van der Waals surface area contributed by atoms with Gasteiger partial charge in [-0.2, -0.15) is 5.26 Å². The molecule has 126 valence electrons. The molecule has 1 aliphatic heterocycles. The van der Waals surface area contributed by atoms with Gasteiger partial charge in [-0.3, -0.25) is 9.89 Å². The molecule has 3 N–H and O–H groups in total. The Kier molecular flexibility index (Phi) is 4.56. The van der Waals surface area contributed by atoms with E-state index >= 15 is 0 Å². The van der Waals surface area contributed by atoms with Crippen molar-refractivity contribution in [2.75, 3.05) is 6.61 Å². The van der Waals surface area contributed by atoms with Crippen LogP contribution >= 0.6 is 0 Å². The van der Waals surface area contributed by atoms with E-state index in [1.54, 1.807) is 6.92 Å². The van der Waals surface area contributed by atoms with Crippen molar-refractivity contribution < 1.29 is 14.3 Å². The zero-order chi connectivity index (χ0) is 17.1. The van der Waals surface area contributed by atoms with E-state index in [1.807, 2.05) is 0 Å². The number of fused-ring (bicyclic) bond motifs is 1. The van der Waals surface area contributed by atoms with Gasteiger partial charge in [0.1, 0.15) is 6.07 Å². The molecular weight excluding hydrogens is 308 g/mol. The largest absolute Gasteiger partial charge is 0.466 e. The number of esters is 1. The summed E-state index contributed by atoms with van der Waals surface area (Å²) >= 11 is 0. The molecule has 7 heteroatoms. The van der Waals surface area contributed by atoms with Gasteiger partial charge in [-0.25, -0.2) is 0 Å². The minimum absolute atomic E-state index is 0.0667. The summed E-state index contributed by atoms with van der Waals surface area (Å²) in [6, 6.07) is 2.19. The number of nitrogens with two attached hydrogens (primary N) is 1. The lowest BCUT2D eigenvalue weighted by Gasteiger charge is -2.31. The van der Waals surface area contributed by atoms with E-state index in [0.29, 0.717) is 23.8 Å². The average molecular weight is 328 g/mol. The van der Waals surface area contributed by atoms with Crippen LogP contribution in [0.2, 0.25) is 0 Å². The van der Waals surface area contributed by atoms with Crippen LogP contribution in [0.15, 0.2) is 23.6 Å². The molecule has 0 radical (unpaired) electrons. The van der Waals surface area contributed by atoms with Gasteiger partial charge in [0.15, 0.2) is 0 Å². The van der Waals surface area contributed by atoms with Crippen LogP contribution in [0.3, 0.4) is 0 Å². The summed E-state index contributed by atoms with van der Waals surface area (Å²) in [7, 11) is 0. The molecule has 0 spiro atoms. The molecule has 0 bridgehead atoms. The van der Waals surface area contributed by atoms with Crippen LogP contribution in [0, 0.1) is 17.2 Å². The van der Waals surface area contributed by atoms with Crippen LogP contribution in [0.4, 0.5) is 0 Å². The number of hydrogen-bond donors (Lipinski definition) is 2. The number of nitriles is 1. The van der Waals surface area contributed by atoms with E-state index in [-0.39, 0.29) is 30.1 Å². The van der Waals surface area contributed by atoms with E-state index < -0.39 is 0 Å². The molecule has 2 atom stereocenters. The van der Waals surface area contributed by atoms with Crippen molar-refractivity contribution >= 4 is 5.97 Å². The molecule has 24 heavy (non-hydrogen) atoms. The van der Waals surface area contributed by atoms with Crippen molar-refractivity contribution in [1.82, 2.24) is 10.2 Å². The second-order valence-corrected chi connectivity index (χ2v) is 5.92. The Morgan fingerprint density at radius 1 is 1.58 bits per heavy atom. The summed E-state index contributed by atoms with van der Waals surface area (Å²) in [5, 5.41) is 16.6. The van der Waals surface area contributed by atoms with Gasteiger partial charge in [0, 0.05) is 11.5 Å². The van der Waals surface area contributed by atoms with Crippen molar-refractivity contribution in [3.8, 4) is 11.9 Å². The van der Waals surface area contributed by atoms with E-state index in [2.05, 4.69) is 28.4 Å². The number of ether oxygens (including phenoxy) is 2. The van der Waals surface area contributed by atoms with Crippen molar-refractivity contribution in [3.63, 3.8) is 0 Å². The number of carbonyl (C=O) groups excluding carboxylic acids is 1. The molecule has 0 unspecified atom stereocenters. The summed E-state index contributed by atoms with van der Waals surface area (Å²) in [5.41, 5.74) is 7.73. The molecular formula is C17H20N4O3. The second-order valence-electron chi connectivity index (χ2n) is 5.92. The molecule has 2 aliphatic rings. The van der Waals surface area contributed by atoms with Crippen LogP contribution in [-0.4, -0.2) is 22.8 Å². The number of rotatable bonds is 4. The van der Waals surface area contributed by atoms with E-state index in [1.165, 1.54) is 0 Å². The third kappa shape index (κ3) is 2.87. The molecule has 1 aromatic rings. The van der Waals surface area contributed by atoms with Crippen LogP contribution in [0.5, 0.6) is 5.88 Å². The van der Waals surface area contributed by atoms with Crippen LogP contribution in [0.1, 0.15) is 43.4 Å². The Hall–Kier alpha value is -2.75. The molecule has 3 rings (SSSR count). The normalized spacial score (nSPS) is 22.5. The minimum atomic E-state index is -0.340. The maximum Gasteiger partial charge on any atom is 0.311 e. The topological polar surface area (TPSA) is 114 Å². The molecule has 1 aromatic heterocycles. The number of nitrogens with one attached hydrogen (secondary N) is 1. The number of aromatic nitrogens is 2. The monoisotopic (exact) mass is 328 g/mol. The van der Waals surface area contributed by atoms with Gasteiger partial charge < -0.3 is 15.2 Å². The van der Waals surface area contributed by atoms with Gasteiger partial charge in [0.05, 0.1) is 24.3 Å². The van der Waals surface area contributed by atoms with Crippen molar-refractivity contribution in [2.45, 2.75) is 38.5 Å². The standard InChI is InChI=1S/C17H20N4O3/c1-2-23-13(22)8-12-15-14(10-6-4-3-5-7-10)11(9-18)16(19)24-17(15)21-20-12/h3-4,10,14H,2,5-8,19H2,1H3,(H,20,21)/t10-,14+/m1/s1. The maximum atomic E-state index is 11.9. The summed E-state index contributed by atoms with van der Waals surface area (Å²) in [6.07, 6.45) is 7.10. The number of carbonyl (C=O) groups is 1. The lowest BCUT2D eigenvalue weighted by atomic mass is 9.74. The average Bonchev–Trinajstić information content (AvgIpc) is 2.96. The lowest BCUT2D eigenvalue weighted by molar-refractivity contribution is -0.142. The highest BCUT2D eigenvalue weighted by molar-refractivity contribution is 5.73. The first-order valence-electron chi connectivity index (χ1n) is 8.11. The highest BCUT2D eigenvalue weighted by atomic mass is 16.5. The van der Waals surface area contributed by atoms with E-state index in [9.17, 15) is 10.1 Å². The van der Waals surface area contributed by atoms with Crippen molar-refractivity contribution in [2.24, 2.45) is 11.7 Å². The molecule has 2 heterocycles. The Bertz CT molecular complexity index is 742. The molecule has 0 amide bonds. The first-order valence-corrected chi connectivity index (χ1v) is 8.11. The first kappa shape index (κ1) is 16.1. The molecule has 1 aliphatic carbocycles. The zero-order valence-corrected chi connectivity index (χ0v) is 13.5. The quantitative estimate of drug-likeness (QED) is 0.646. The fourth-order valence-electron chi connectivity index (χ4n) is 3.43. The number of nitrogens with zero attached hydrogens (tertiary/aromatic N) is 2. The van der Waals surface area contributed by atoms with Crippen LogP contribution in [0.25, 0.3) is 0 Å². The van der Waals surface area contributed by atoms with Crippen LogP contribution in [-0.2, 0) is 16.0 Å². The summed E-state index contributed by atoms with van der Waals surface area (Å²) < 4.78 is 10.5. The Balaban J connectivity index is 2.00. The Labute approximate surface area is 140 Å². The fraction of sp³-hybridized carbons (Fsp3) is 0.471. The van der Waals surface area contributed by atoms with E-state index in [0.717, 1.165) is 24.8 Å². The van der Waals surface area contributed by atoms with Gasteiger partial charge in [0.25, 0.3) is 0 Å². The SMILES string of the molecule is CCOC(=O)Cc1[nH]nc2c1[C@@H]([C@@H]1CC=CCC1)C(C#N)=C(N)O2. The van der Waals surface area contributed by atoms with Gasteiger partial charge >= 0.3 is 5.97 Å². The fourth-order valence-corrected chi connectivity index (χ4v) is 3.43. The minimum Gasteiger partial charge on any atom is -0.466 e. The Morgan fingerprint density at radius 2 is 2.42 bits per heavy atom. The van der Waals surface area contributed by atoms with Crippen molar-refractivity contribution in [1.29, 1.82) is 5.26 Å². The van der Waals surface area contributed by atoms with Crippen molar-refractivity contribution in [3.05, 3.63) is 34.9 Å². The summed E-state index contributed by atoms with van der Waals surface area (Å²) in [4.78, 5) is 11.9. The molecule has 0 fully saturated rings. The predicted octanol–water partition coefficient (Wildman–Crippen LogP) is 2.04. The summed E-state index contributed by atoms with van der Waals surface area (Å²) in [6.45, 7) is 2.08. The Morgan fingerprint density at radius 3 is 3.08 bits per heavy atom. The highest BCUT2D eigenvalue weighted by Gasteiger charge is 2.39. The van der Waals surface area contributed by atoms with Crippen LogP contribution < -0.4 is 10.5 Å². The maximum absolute atomic E-state index is 11.9. The number of H-pyrrole nitrogens is 1. The van der Waals surface area contributed by atoms with Gasteiger partial charge in [-0.05, 0) is 32.1 Å². The third-order valence-electron chi connectivity index (χ3n) is 4.47. The number of hydrogen-bond acceptors (Lipinski definition) is 6. The van der Waals surface area contributed by atoms with Gasteiger partial charge in [-0.15, -0.1) is 5.10 Å². The molecule has 7 nitrogen and oxygen atoms in total. The molecule has 0 saturated heterocycles. The number of aromatic amines is 1. The zero-order valence-electron chi connectivity index (χ0n) is 13.5. The highest BCUT2D eigenvalue weighted by Crippen LogP contribution is 2.46.